The van der Waals surface area contributed by atoms with Crippen molar-refractivity contribution in [2.75, 3.05) is 31.5 Å². The van der Waals surface area contributed by atoms with Crippen LogP contribution >= 0.6 is 0 Å². The summed E-state index contributed by atoms with van der Waals surface area (Å²) >= 11 is 0. The minimum Gasteiger partial charge on any atom is -0.464 e. The minimum absolute atomic E-state index is 0.194. The van der Waals surface area contributed by atoms with E-state index < -0.39 is 0 Å². The van der Waals surface area contributed by atoms with Crippen LogP contribution in [0.4, 0.5) is 5.69 Å². The number of nitrogens with one attached hydrogen (secondary N) is 2. The van der Waals surface area contributed by atoms with E-state index in [1.807, 2.05) is 12.1 Å². The van der Waals surface area contributed by atoms with E-state index in [1.54, 1.807) is 6.26 Å². The molecule has 0 saturated carbocycles. The Morgan fingerprint density at radius 3 is 2.55 bits per heavy atom. The third-order valence-electron chi connectivity index (χ3n) is 6.34. The van der Waals surface area contributed by atoms with E-state index in [9.17, 15) is 9.59 Å². The number of hydrogen-bond donors (Lipinski definition) is 2. The van der Waals surface area contributed by atoms with Gasteiger partial charge in [-0.25, -0.2) is 0 Å². The zero-order valence-corrected chi connectivity index (χ0v) is 19.0. The first-order valence-corrected chi connectivity index (χ1v) is 11.9. The van der Waals surface area contributed by atoms with Gasteiger partial charge in [-0.2, -0.15) is 0 Å². The second-order valence-corrected chi connectivity index (χ2v) is 8.48. The number of carbonyl (C=O) groups is 2. The van der Waals surface area contributed by atoms with Crippen molar-refractivity contribution in [1.29, 1.82) is 0 Å². The number of amides is 2. The van der Waals surface area contributed by atoms with Crippen molar-refractivity contribution in [3.05, 3.63) is 30.0 Å². The highest BCUT2D eigenvalue weighted by molar-refractivity contribution is 6.02. The Morgan fingerprint density at radius 2 is 1.81 bits per heavy atom. The molecule has 2 amide bonds. The Labute approximate surface area is 185 Å². The van der Waals surface area contributed by atoms with E-state index in [2.05, 4.69) is 35.4 Å². The van der Waals surface area contributed by atoms with Crippen LogP contribution in [0.15, 0.2) is 28.9 Å². The normalized spacial score (nSPS) is 16.8. The number of furan rings is 1. The predicted molar refractivity (Wildman–Crippen MR) is 125 cm³/mol. The number of imide groups is 1. The third-order valence-corrected chi connectivity index (χ3v) is 6.34. The molecule has 170 valence electrons. The third kappa shape index (κ3) is 6.57. The number of unbranched alkanes of at least 4 members (excludes halogenated alkanes) is 5. The lowest BCUT2D eigenvalue weighted by atomic mass is 9.90. The Kier molecular flexibility index (Phi) is 8.95. The molecule has 0 bridgehead atoms. The van der Waals surface area contributed by atoms with Crippen LogP contribution in [-0.2, 0) is 9.59 Å². The molecule has 1 unspecified atom stereocenters. The average Bonchev–Trinajstić information content (AvgIpc) is 3.18. The van der Waals surface area contributed by atoms with Crippen LogP contribution in [0.25, 0.3) is 11.0 Å². The Hall–Kier alpha value is -2.34. The van der Waals surface area contributed by atoms with Crippen molar-refractivity contribution in [1.82, 2.24) is 10.2 Å². The molecule has 1 atom stereocenters. The fraction of sp³-hybridized carbons (Fsp3) is 0.600. The summed E-state index contributed by atoms with van der Waals surface area (Å²) in [5.41, 5.74) is 2.69. The van der Waals surface area contributed by atoms with Crippen molar-refractivity contribution in [3.8, 4) is 0 Å². The largest absolute Gasteiger partial charge is 0.464 e. The molecule has 3 rings (SSSR count). The first-order valence-electron chi connectivity index (χ1n) is 11.9. The second kappa shape index (κ2) is 11.9. The van der Waals surface area contributed by atoms with Gasteiger partial charge >= 0.3 is 0 Å². The van der Waals surface area contributed by atoms with Crippen LogP contribution in [0.1, 0.15) is 76.7 Å². The lowest BCUT2D eigenvalue weighted by molar-refractivity contribution is -0.134. The molecule has 2 N–H and O–H groups in total. The van der Waals surface area contributed by atoms with Crippen molar-refractivity contribution in [2.45, 2.75) is 71.1 Å². The van der Waals surface area contributed by atoms with Crippen LogP contribution in [0.2, 0.25) is 0 Å². The van der Waals surface area contributed by atoms with Gasteiger partial charge in [0, 0.05) is 29.6 Å². The molecule has 6 nitrogen and oxygen atoms in total. The molecule has 0 radical (unpaired) electrons. The summed E-state index contributed by atoms with van der Waals surface area (Å²) in [6, 6.07) is 6.03. The minimum atomic E-state index is -0.323. The van der Waals surface area contributed by atoms with Crippen LogP contribution in [0, 0.1) is 0 Å². The predicted octanol–water partition coefficient (Wildman–Crippen LogP) is 5.05. The van der Waals surface area contributed by atoms with Crippen LogP contribution < -0.4 is 10.6 Å². The van der Waals surface area contributed by atoms with E-state index in [4.69, 9.17) is 4.42 Å². The summed E-state index contributed by atoms with van der Waals surface area (Å²) in [6.07, 6.45) is 10.2. The highest BCUT2D eigenvalue weighted by Crippen LogP contribution is 2.33. The molecular weight excluding hydrogens is 390 g/mol. The number of rotatable bonds is 13. The van der Waals surface area contributed by atoms with Gasteiger partial charge < -0.3 is 14.6 Å². The molecular formula is C25H37N3O3. The standard InChI is InChI=1S/C25H37N3O3/c1-3-28(4-2)16-10-8-6-5-7-9-15-26-19-11-13-23-21(17-19)22(18-31-23)20-12-14-24(29)27-25(20)30/h11,13,17-18,20,26H,3-10,12,14-16H2,1-2H3,(H,27,29,30). The highest BCUT2D eigenvalue weighted by Gasteiger charge is 2.30. The first kappa shape index (κ1) is 23.3. The maximum atomic E-state index is 12.2. The molecule has 1 aromatic carbocycles. The molecule has 1 aromatic heterocycles. The van der Waals surface area contributed by atoms with Crippen molar-refractivity contribution in [2.24, 2.45) is 0 Å². The SMILES string of the molecule is CCN(CC)CCCCCCCCNc1ccc2occ(C3CCC(=O)NC3=O)c2c1. The van der Waals surface area contributed by atoms with E-state index in [-0.39, 0.29) is 17.7 Å². The van der Waals surface area contributed by atoms with Gasteiger partial charge in [0.05, 0.1) is 12.2 Å². The van der Waals surface area contributed by atoms with Crippen molar-refractivity contribution in [3.63, 3.8) is 0 Å². The van der Waals surface area contributed by atoms with Gasteiger partial charge in [-0.15, -0.1) is 0 Å². The van der Waals surface area contributed by atoms with Gasteiger partial charge in [0.25, 0.3) is 0 Å². The van der Waals surface area contributed by atoms with Crippen molar-refractivity contribution < 1.29 is 14.0 Å². The molecule has 0 spiro atoms. The number of fused-ring (bicyclic) bond motifs is 1. The lowest BCUT2D eigenvalue weighted by Gasteiger charge is -2.20. The van der Waals surface area contributed by atoms with Crippen LogP contribution in [0.5, 0.6) is 0 Å². The topological polar surface area (TPSA) is 74.6 Å². The Balaban J connectivity index is 1.40. The summed E-state index contributed by atoms with van der Waals surface area (Å²) in [5, 5.41) is 6.89. The zero-order chi connectivity index (χ0) is 22.1. The molecule has 0 aliphatic carbocycles. The number of piperidine rings is 1. The zero-order valence-electron chi connectivity index (χ0n) is 19.0. The van der Waals surface area contributed by atoms with Crippen molar-refractivity contribution >= 4 is 28.5 Å². The number of nitrogens with zero attached hydrogens (tertiary/aromatic N) is 1. The van der Waals surface area contributed by atoms with E-state index in [1.165, 1.54) is 38.6 Å². The maximum absolute atomic E-state index is 12.2. The first-order chi connectivity index (χ1) is 15.1. The summed E-state index contributed by atoms with van der Waals surface area (Å²) in [6.45, 7) is 8.94. The molecule has 1 aliphatic heterocycles. The van der Waals surface area contributed by atoms with Gasteiger partial charge in [-0.05, 0) is 57.1 Å². The van der Waals surface area contributed by atoms with E-state index in [0.717, 1.165) is 48.3 Å². The van der Waals surface area contributed by atoms with Gasteiger partial charge in [-0.3, -0.25) is 14.9 Å². The summed E-state index contributed by atoms with van der Waals surface area (Å²) in [7, 11) is 0. The molecule has 2 aromatic rings. The fourth-order valence-corrected chi connectivity index (χ4v) is 4.36. The van der Waals surface area contributed by atoms with Gasteiger partial charge in [0.15, 0.2) is 0 Å². The quantitative estimate of drug-likeness (QED) is 0.346. The average molecular weight is 428 g/mol. The Bertz CT molecular complexity index is 857. The van der Waals surface area contributed by atoms with Crippen LogP contribution in [-0.4, -0.2) is 42.9 Å². The number of benzene rings is 1. The van der Waals surface area contributed by atoms with Gasteiger partial charge in [-0.1, -0.05) is 39.5 Å². The van der Waals surface area contributed by atoms with Gasteiger partial charge in [0.2, 0.25) is 11.8 Å². The number of carbonyl (C=O) groups excluding carboxylic acids is 2. The summed E-state index contributed by atoms with van der Waals surface area (Å²) < 4.78 is 5.66. The molecule has 1 saturated heterocycles. The number of hydrogen-bond acceptors (Lipinski definition) is 5. The van der Waals surface area contributed by atoms with Crippen LogP contribution in [0.3, 0.4) is 0 Å². The Morgan fingerprint density at radius 1 is 1.06 bits per heavy atom. The molecule has 6 heteroatoms. The molecule has 1 fully saturated rings. The monoisotopic (exact) mass is 427 g/mol. The number of anilines is 1. The molecule has 1 aliphatic rings. The molecule has 2 heterocycles. The van der Waals surface area contributed by atoms with Gasteiger partial charge in [0.1, 0.15) is 5.58 Å². The smallest absolute Gasteiger partial charge is 0.234 e. The van der Waals surface area contributed by atoms with E-state index in [0.29, 0.717) is 12.8 Å². The fourth-order valence-electron chi connectivity index (χ4n) is 4.36. The lowest BCUT2D eigenvalue weighted by Crippen LogP contribution is -2.39. The summed E-state index contributed by atoms with van der Waals surface area (Å²) in [4.78, 5) is 26.2. The highest BCUT2D eigenvalue weighted by atomic mass is 16.3. The summed E-state index contributed by atoms with van der Waals surface area (Å²) in [5.74, 6) is -0.745. The van der Waals surface area contributed by atoms with E-state index >= 15 is 0 Å². The second-order valence-electron chi connectivity index (χ2n) is 8.48. The molecule has 31 heavy (non-hydrogen) atoms. The maximum Gasteiger partial charge on any atom is 0.234 e.